The zero-order valence-electron chi connectivity index (χ0n) is 7.19. The molecule has 3 atom stereocenters. The van der Waals surface area contributed by atoms with E-state index in [4.69, 9.17) is 10.2 Å². The Morgan fingerprint density at radius 2 is 1.79 bits per heavy atom. The van der Waals surface area contributed by atoms with E-state index in [0.29, 0.717) is 6.92 Å². The van der Waals surface area contributed by atoms with Crippen molar-refractivity contribution in [2.75, 3.05) is 0 Å². The molecule has 0 spiro atoms. The van der Waals surface area contributed by atoms with E-state index in [1.807, 2.05) is 0 Å². The molecule has 80 valence electrons. The minimum atomic E-state index is -3.83. The molecule has 0 aliphatic heterocycles. The zero-order valence-corrected chi connectivity index (χ0v) is 7.19. The number of hydrogen-bond donors (Lipinski definition) is 2. The second-order valence-electron chi connectivity index (χ2n) is 3.24. The summed E-state index contributed by atoms with van der Waals surface area (Å²) in [5.74, 6) is -7.56. The van der Waals surface area contributed by atoms with Gasteiger partial charge in [-0.1, -0.05) is 6.58 Å². The van der Waals surface area contributed by atoms with Gasteiger partial charge in [0.25, 0.3) is 5.85 Å². The van der Waals surface area contributed by atoms with Gasteiger partial charge in [-0.15, -0.1) is 0 Å². The summed E-state index contributed by atoms with van der Waals surface area (Å²) in [6.07, 6.45) is -2.69. The maximum atomic E-state index is 13.3. The summed E-state index contributed by atoms with van der Waals surface area (Å²) in [7, 11) is 0. The van der Waals surface area contributed by atoms with Crippen LogP contribution in [0.2, 0.25) is 0 Å². The third kappa shape index (κ3) is 1.10. The lowest BCUT2D eigenvalue weighted by Crippen LogP contribution is -2.57. The molecule has 0 fully saturated rings. The van der Waals surface area contributed by atoms with E-state index < -0.39 is 34.9 Å². The van der Waals surface area contributed by atoms with Crippen LogP contribution in [-0.4, -0.2) is 27.8 Å². The number of rotatable bonds is 0. The monoisotopic (exact) mass is 212 g/mol. The molecule has 1 aliphatic rings. The highest BCUT2D eigenvalue weighted by atomic mass is 19.2. The second-order valence-corrected chi connectivity index (χ2v) is 3.24. The zero-order chi connectivity index (χ0) is 11.3. The summed E-state index contributed by atoms with van der Waals surface area (Å²) in [5.41, 5.74) is -4.74. The van der Waals surface area contributed by atoms with Gasteiger partial charge in [0.2, 0.25) is 5.67 Å². The third-order valence-electron chi connectivity index (χ3n) is 2.28. The smallest absolute Gasteiger partial charge is 0.272 e. The fraction of sp³-hybridized carbons (Fsp3) is 0.500. The molecule has 6 heteroatoms. The molecule has 0 amide bonds. The molecule has 1 rings (SSSR count). The van der Waals surface area contributed by atoms with Crippen LogP contribution in [0.5, 0.6) is 0 Å². The Labute approximate surface area is 77.2 Å². The first-order chi connectivity index (χ1) is 6.14. The van der Waals surface area contributed by atoms with Crippen molar-refractivity contribution in [2.45, 2.75) is 24.6 Å². The van der Waals surface area contributed by atoms with E-state index in [2.05, 4.69) is 6.58 Å². The molecule has 0 aromatic carbocycles. The van der Waals surface area contributed by atoms with E-state index in [1.165, 1.54) is 0 Å². The van der Waals surface area contributed by atoms with Gasteiger partial charge in [-0.25, -0.2) is 17.6 Å². The van der Waals surface area contributed by atoms with E-state index in [1.54, 1.807) is 0 Å². The lowest BCUT2D eigenvalue weighted by Gasteiger charge is -2.39. The van der Waals surface area contributed by atoms with Crippen molar-refractivity contribution in [1.29, 1.82) is 0 Å². The molecule has 1 aliphatic carbocycles. The first kappa shape index (κ1) is 11.2. The standard InChI is InChI=1S/C8H8F4O2/c1-3-4(9)5(10)6(13)7(2,11)8(3,12)14/h6,13-14H,1H2,2H3. The summed E-state index contributed by atoms with van der Waals surface area (Å²) >= 11 is 0. The molecular formula is C8H8F4O2. The van der Waals surface area contributed by atoms with Gasteiger partial charge in [-0.2, -0.15) is 0 Å². The van der Waals surface area contributed by atoms with Crippen molar-refractivity contribution in [3.8, 4) is 0 Å². The molecular weight excluding hydrogens is 204 g/mol. The van der Waals surface area contributed by atoms with E-state index in [0.717, 1.165) is 0 Å². The highest BCUT2D eigenvalue weighted by Gasteiger charge is 2.62. The van der Waals surface area contributed by atoms with Crippen molar-refractivity contribution in [3.05, 3.63) is 23.8 Å². The number of hydrogen-bond acceptors (Lipinski definition) is 2. The molecule has 0 bridgehead atoms. The van der Waals surface area contributed by atoms with Gasteiger partial charge in [0.15, 0.2) is 11.7 Å². The Morgan fingerprint density at radius 3 is 2.21 bits per heavy atom. The number of halogens is 4. The fourth-order valence-corrected chi connectivity index (χ4v) is 1.12. The topological polar surface area (TPSA) is 40.5 Å². The van der Waals surface area contributed by atoms with Gasteiger partial charge in [0, 0.05) is 0 Å². The van der Waals surface area contributed by atoms with Crippen LogP contribution in [0.1, 0.15) is 6.92 Å². The van der Waals surface area contributed by atoms with Gasteiger partial charge in [-0.05, 0) is 6.92 Å². The van der Waals surface area contributed by atoms with Gasteiger partial charge >= 0.3 is 0 Å². The Hall–Kier alpha value is -0.880. The largest absolute Gasteiger partial charge is 0.382 e. The van der Waals surface area contributed by atoms with E-state index in [-0.39, 0.29) is 0 Å². The van der Waals surface area contributed by atoms with Crippen molar-refractivity contribution in [1.82, 2.24) is 0 Å². The summed E-state index contributed by atoms with van der Waals surface area (Å²) in [6.45, 7) is 3.09. The molecule has 3 unspecified atom stereocenters. The third-order valence-corrected chi connectivity index (χ3v) is 2.28. The summed E-state index contributed by atoms with van der Waals surface area (Å²) in [5, 5.41) is 17.7. The van der Waals surface area contributed by atoms with Crippen LogP contribution in [0.3, 0.4) is 0 Å². The maximum Gasteiger partial charge on any atom is 0.272 e. The Balaban J connectivity index is 3.39. The first-order valence-electron chi connectivity index (χ1n) is 3.67. The normalized spacial score (nSPS) is 44.5. The van der Waals surface area contributed by atoms with E-state index >= 15 is 0 Å². The van der Waals surface area contributed by atoms with Crippen molar-refractivity contribution in [2.24, 2.45) is 0 Å². The SMILES string of the molecule is C=C1C(F)=C(F)C(O)C(C)(F)C1(O)F. The predicted octanol–water partition coefficient (Wildman–Crippen LogP) is 1.45. The molecule has 2 nitrogen and oxygen atoms in total. The highest BCUT2D eigenvalue weighted by Crippen LogP contribution is 2.47. The maximum absolute atomic E-state index is 13.3. The lowest BCUT2D eigenvalue weighted by molar-refractivity contribution is -0.200. The quantitative estimate of drug-likeness (QED) is 0.596. The van der Waals surface area contributed by atoms with Crippen LogP contribution < -0.4 is 0 Å². The average Bonchev–Trinajstić information content (AvgIpc) is 2.10. The number of aliphatic hydroxyl groups is 2. The van der Waals surface area contributed by atoms with Crippen LogP contribution in [0.4, 0.5) is 17.6 Å². The summed E-state index contributed by atoms with van der Waals surface area (Å²) in [6, 6.07) is 0. The first-order valence-corrected chi connectivity index (χ1v) is 3.67. The molecule has 2 N–H and O–H groups in total. The van der Waals surface area contributed by atoms with Crippen LogP contribution in [-0.2, 0) is 0 Å². The summed E-state index contributed by atoms with van der Waals surface area (Å²) in [4.78, 5) is 0. The Morgan fingerprint density at radius 1 is 1.36 bits per heavy atom. The minimum absolute atomic E-state index is 0.412. The highest BCUT2D eigenvalue weighted by molar-refractivity contribution is 5.41. The molecule has 0 saturated carbocycles. The number of alkyl halides is 2. The van der Waals surface area contributed by atoms with Crippen LogP contribution in [0.25, 0.3) is 0 Å². The fourth-order valence-electron chi connectivity index (χ4n) is 1.12. The van der Waals surface area contributed by atoms with E-state index in [9.17, 15) is 17.6 Å². The van der Waals surface area contributed by atoms with Gasteiger partial charge in [0.1, 0.15) is 6.10 Å². The molecule has 0 radical (unpaired) electrons. The Kier molecular flexibility index (Phi) is 2.24. The molecule has 0 aromatic heterocycles. The number of aliphatic hydroxyl groups excluding tert-OH is 1. The average molecular weight is 212 g/mol. The predicted molar refractivity (Wildman–Crippen MR) is 40.0 cm³/mol. The second kappa shape index (κ2) is 2.80. The van der Waals surface area contributed by atoms with Crippen LogP contribution in [0.15, 0.2) is 23.8 Å². The van der Waals surface area contributed by atoms with Crippen molar-refractivity contribution >= 4 is 0 Å². The van der Waals surface area contributed by atoms with Gasteiger partial charge in [0.05, 0.1) is 5.57 Å². The van der Waals surface area contributed by atoms with Gasteiger partial charge in [-0.3, -0.25) is 0 Å². The molecule has 0 heterocycles. The summed E-state index contributed by atoms with van der Waals surface area (Å²) < 4.78 is 52.0. The Bertz CT molecular complexity index is 319. The lowest BCUT2D eigenvalue weighted by atomic mass is 9.81. The molecule has 0 saturated heterocycles. The van der Waals surface area contributed by atoms with Crippen LogP contribution in [0, 0.1) is 0 Å². The van der Waals surface area contributed by atoms with Gasteiger partial charge < -0.3 is 10.2 Å². The van der Waals surface area contributed by atoms with Crippen molar-refractivity contribution in [3.63, 3.8) is 0 Å². The minimum Gasteiger partial charge on any atom is -0.382 e. The molecule has 0 aromatic rings. The molecule has 14 heavy (non-hydrogen) atoms. The van der Waals surface area contributed by atoms with Crippen LogP contribution >= 0.6 is 0 Å². The van der Waals surface area contributed by atoms with Crippen molar-refractivity contribution < 1.29 is 27.8 Å².